The van der Waals surface area contributed by atoms with Crippen LogP contribution in [0.3, 0.4) is 0 Å². The molecular weight excluding hydrogens is 264 g/mol. The minimum Gasteiger partial charge on any atom is -0.389 e. The SMILES string of the molecule is CN(CC(C)(C)O)C(=O)NCCc1cccc(Cl)c1. The number of carbonyl (C=O) groups is 1. The molecule has 0 unspecified atom stereocenters. The standard InChI is InChI=1S/C14H21ClN2O2/c1-14(2,19)10-17(3)13(18)16-8-7-11-5-4-6-12(15)9-11/h4-6,9,19H,7-8,10H2,1-3H3,(H,16,18). The van der Waals surface area contributed by atoms with E-state index in [1.54, 1.807) is 20.9 Å². The van der Waals surface area contributed by atoms with Crippen molar-refractivity contribution < 1.29 is 9.90 Å². The van der Waals surface area contributed by atoms with Gasteiger partial charge in [0.05, 0.1) is 12.1 Å². The van der Waals surface area contributed by atoms with Gasteiger partial charge in [-0.1, -0.05) is 23.7 Å². The number of benzene rings is 1. The zero-order valence-electron chi connectivity index (χ0n) is 11.6. The summed E-state index contributed by atoms with van der Waals surface area (Å²) in [6.45, 7) is 4.16. The Kier molecular flexibility index (Phi) is 5.63. The van der Waals surface area contributed by atoms with Crippen LogP contribution in [0.2, 0.25) is 5.02 Å². The lowest BCUT2D eigenvalue weighted by Crippen LogP contribution is -2.45. The minimum atomic E-state index is -0.890. The summed E-state index contributed by atoms with van der Waals surface area (Å²) in [6.07, 6.45) is 0.725. The van der Waals surface area contributed by atoms with Gasteiger partial charge in [-0.05, 0) is 38.0 Å². The van der Waals surface area contributed by atoms with E-state index in [-0.39, 0.29) is 12.6 Å². The first-order valence-electron chi connectivity index (χ1n) is 6.24. The van der Waals surface area contributed by atoms with Crippen LogP contribution in [0.5, 0.6) is 0 Å². The highest BCUT2D eigenvalue weighted by atomic mass is 35.5. The average Bonchev–Trinajstić information content (AvgIpc) is 2.26. The van der Waals surface area contributed by atoms with E-state index in [1.807, 2.05) is 24.3 Å². The number of hydrogen-bond donors (Lipinski definition) is 2. The van der Waals surface area contributed by atoms with Gasteiger partial charge in [0.2, 0.25) is 0 Å². The summed E-state index contributed by atoms with van der Waals surface area (Å²) in [5.41, 5.74) is 0.192. The molecule has 0 saturated heterocycles. The van der Waals surface area contributed by atoms with Crippen molar-refractivity contribution in [3.05, 3.63) is 34.9 Å². The van der Waals surface area contributed by atoms with Crippen molar-refractivity contribution in [2.75, 3.05) is 20.1 Å². The Balaban J connectivity index is 2.35. The lowest BCUT2D eigenvalue weighted by atomic mass is 10.1. The fourth-order valence-corrected chi connectivity index (χ4v) is 2.01. The molecule has 1 rings (SSSR count). The van der Waals surface area contributed by atoms with Crippen molar-refractivity contribution in [3.8, 4) is 0 Å². The third kappa shape index (κ3) is 6.45. The lowest BCUT2D eigenvalue weighted by molar-refractivity contribution is 0.0532. The maximum Gasteiger partial charge on any atom is 0.317 e. The zero-order valence-corrected chi connectivity index (χ0v) is 12.4. The summed E-state index contributed by atoms with van der Waals surface area (Å²) >= 11 is 5.89. The molecule has 0 aromatic heterocycles. The van der Waals surface area contributed by atoms with Gasteiger partial charge in [0, 0.05) is 18.6 Å². The molecule has 1 aromatic carbocycles. The first-order chi connectivity index (χ1) is 8.78. The van der Waals surface area contributed by atoms with Gasteiger partial charge in [0.1, 0.15) is 0 Å². The summed E-state index contributed by atoms with van der Waals surface area (Å²) in [6, 6.07) is 7.37. The van der Waals surface area contributed by atoms with Crippen molar-refractivity contribution >= 4 is 17.6 Å². The minimum absolute atomic E-state index is 0.191. The number of nitrogens with zero attached hydrogens (tertiary/aromatic N) is 1. The van der Waals surface area contributed by atoms with E-state index in [4.69, 9.17) is 11.6 Å². The van der Waals surface area contributed by atoms with Crippen LogP contribution in [-0.4, -0.2) is 41.8 Å². The fourth-order valence-electron chi connectivity index (χ4n) is 1.79. The van der Waals surface area contributed by atoms with Gasteiger partial charge in [0.25, 0.3) is 0 Å². The Morgan fingerprint density at radius 1 is 1.47 bits per heavy atom. The molecule has 0 fully saturated rings. The molecule has 0 spiro atoms. The van der Waals surface area contributed by atoms with Gasteiger partial charge in [-0.15, -0.1) is 0 Å². The molecule has 0 saturated carbocycles. The number of urea groups is 1. The Morgan fingerprint density at radius 3 is 2.74 bits per heavy atom. The largest absolute Gasteiger partial charge is 0.389 e. The van der Waals surface area contributed by atoms with Crippen LogP contribution in [-0.2, 0) is 6.42 Å². The number of aliphatic hydroxyl groups is 1. The Morgan fingerprint density at radius 2 is 2.16 bits per heavy atom. The second kappa shape index (κ2) is 6.78. The molecule has 5 heteroatoms. The maximum absolute atomic E-state index is 11.8. The molecule has 0 atom stereocenters. The molecule has 1 aromatic rings. The first-order valence-corrected chi connectivity index (χ1v) is 6.61. The van der Waals surface area contributed by atoms with Crippen LogP contribution >= 0.6 is 11.6 Å². The number of rotatable bonds is 5. The molecule has 0 aliphatic carbocycles. The van der Waals surface area contributed by atoms with Gasteiger partial charge < -0.3 is 15.3 Å². The summed E-state index contributed by atoms with van der Waals surface area (Å²) in [4.78, 5) is 13.2. The van der Waals surface area contributed by atoms with Crippen molar-refractivity contribution in [3.63, 3.8) is 0 Å². The highest BCUT2D eigenvalue weighted by molar-refractivity contribution is 6.30. The molecule has 106 valence electrons. The van der Waals surface area contributed by atoms with E-state index in [0.717, 1.165) is 12.0 Å². The third-order valence-electron chi connectivity index (χ3n) is 2.55. The van der Waals surface area contributed by atoms with Crippen molar-refractivity contribution in [2.45, 2.75) is 25.9 Å². The van der Waals surface area contributed by atoms with E-state index in [2.05, 4.69) is 5.32 Å². The van der Waals surface area contributed by atoms with E-state index >= 15 is 0 Å². The van der Waals surface area contributed by atoms with Gasteiger partial charge in [-0.25, -0.2) is 4.79 Å². The second-order valence-corrected chi connectivity index (χ2v) is 5.72. The monoisotopic (exact) mass is 284 g/mol. The Labute approximate surface area is 119 Å². The average molecular weight is 285 g/mol. The Bertz CT molecular complexity index is 430. The molecule has 2 N–H and O–H groups in total. The molecule has 0 aliphatic heterocycles. The molecule has 2 amide bonds. The smallest absolute Gasteiger partial charge is 0.317 e. The molecular formula is C14H21ClN2O2. The van der Waals surface area contributed by atoms with Gasteiger partial charge in [0.15, 0.2) is 0 Å². The van der Waals surface area contributed by atoms with Crippen LogP contribution < -0.4 is 5.32 Å². The summed E-state index contributed by atoms with van der Waals surface area (Å²) in [7, 11) is 1.66. The summed E-state index contributed by atoms with van der Waals surface area (Å²) in [5, 5.41) is 13.1. The second-order valence-electron chi connectivity index (χ2n) is 5.28. The van der Waals surface area contributed by atoms with E-state index in [1.165, 1.54) is 4.90 Å². The third-order valence-corrected chi connectivity index (χ3v) is 2.78. The molecule has 4 nitrogen and oxygen atoms in total. The quantitative estimate of drug-likeness (QED) is 0.872. The highest BCUT2D eigenvalue weighted by Crippen LogP contribution is 2.10. The first kappa shape index (κ1) is 15.8. The fraction of sp³-hybridized carbons (Fsp3) is 0.500. The van der Waals surface area contributed by atoms with Gasteiger partial charge in [-0.3, -0.25) is 0 Å². The summed E-state index contributed by atoms with van der Waals surface area (Å²) in [5.74, 6) is 0. The number of carbonyl (C=O) groups excluding carboxylic acids is 1. The van der Waals surface area contributed by atoms with Crippen molar-refractivity contribution in [1.29, 1.82) is 0 Å². The topological polar surface area (TPSA) is 52.6 Å². The van der Waals surface area contributed by atoms with Gasteiger partial charge in [-0.2, -0.15) is 0 Å². The van der Waals surface area contributed by atoms with Crippen molar-refractivity contribution in [2.24, 2.45) is 0 Å². The summed E-state index contributed by atoms with van der Waals surface area (Å²) < 4.78 is 0. The van der Waals surface area contributed by atoms with Crippen LogP contribution in [0.4, 0.5) is 4.79 Å². The predicted octanol–water partition coefficient (Wildman–Crippen LogP) is 2.29. The van der Waals surface area contributed by atoms with E-state index in [0.29, 0.717) is 11.6 Å². The maximum atomic E-state index is 11.8. The number of likely N-dealkylation sites (N-methyl/N-ethyl adjacent to an activating group) is 1. The number of halogens is 1. The van der Waals surface area contributed by atoms with Gasteiger partial charge >= 0.3 is 6.03 Å². The van der Waals surface area contributed by atoms with Crippen LogP contribution in [0.1, 0.15) is 19.4 Å². The molecule has 19 heavy (non-hydrogen) atoms. The number of hydrogen-bond acceptors (Lipinski definition) is 2. The van der Waals surface area contributed by atoms with Crippen molar-refractivity contribution in [1.82, 2.24) is 10.2 Å². The molecule has 0 aliphatic rings. The van der Waals surface area contributed by atoms with Crippen LogP contribution in [0.25, 0.3) is 0 Å². The molecule has 0 heterocycles. The normalized spacial score (nSPS) is 11.2. The zero-order chi connectivity index (χ0) is 14.5. The van der Waals surface area contributed by atoms with Crippen LogP contribution in [0, 0.1) is 0 Å². The van der Waals surface area contributed by atoms with E-state index < -0.39 is 5.60 Å². The Hall–Kier alpha value is -1.26. The predicted molar refractivity (Wildman–Crippen MR) is 77.5 cm³/mol. The molecule has 0 radical (unpaired) electrons. The van der Waals surface area contributed by atoms with E-state index in [9.17, 15) is 9.90 Å². The number of nitrogens with one attached hydrogen (secondary N) is 1. The lowest BCUT2D eigenvalue weighted by Gasteiger charge is -2.25. The van der Waals surface area contributed by atoms with Crippen LogP contribution in [0.15, 0.2) is 24.3 Å². The highest BCUT2D eigenvalue weighted by Gasteiger charge is 2.18. The number of amides is 2. The molecule has 0 bridgehead atoms.